The molecule has 1 N–H and O–H groups in total. The molecule has 3 aliphatic heterocycles. The van der Waals surface area contributed by atoms with E-state index in [1.165, 1.54) is 17.3 Å². The number of likely N-dealkylation sites (tertiary alicyclic amines) is 1. The van der Waals surface area contributed by atoms with E-state index in [2.05, 4.69) is 15.3 Å². The number of piperazine rings is 1. The zero-order chi connectivity index (χ0) is 24.2. The van der Waals surface area contributed by atoms with Gasteiger partial charge in [-0.1, -0.05) is 11.6 Å². The molecule has 2 atom stereocenters. The van der Waals surface area contributed by atoms with E-state index in [0.717, 1.165) is 9.80 Å². The van der Waals surface area contributed by atoms with E-state index in [1.807, 2.05) is 0 Å². The first-order chi connectivity index (χ1) is 15.4. The van der Waals surface area contributed by atoms with Gasteiger partial charge in [0.05, 0.1) is 11.6 Å². The molecule has 3 aliphatic rings. The fraction of sp³-hybridized carbons (Fsp3) is 0.476. The second-order valence-corrected chi connectivity index (χ2v) is 9.49. The van der Waals surface area contributed by atoms with E-state index in [0.29, 0.717) is 17.9 Å². The Morgan fingerprint density at radius 3 is 2.73 bits per heavy atom. The van der Waals surface area contributed by atoms with E-state index in [9.17, 15) is 14.4 Å². The van der Waals surface area contributed by atoms with Crippen molar-refractivity contribution >= 4 is 35.8 Å². The number of amides is 3. The number of hydrogen-bond donors (Lipinski definition) is 1. The van der Waals surface area contributed by atoms with Crippen LogP contribution in [0.15, 0.2) is 41.1 Å². The van der Waals surface area contributed by atoms with Gasteiger partial charge in [0.2, 0.25) is 12.2 Å². The van der Waals surface area contributed by atoms with Gasteiger partial charge in [-0.3, -0.25) is 19.4 Å². The maximum absolute atomic E-state index is 15.7. The molecule has 0 radical (unpaired) electrons. The Balaban J connectivity index is 1.62. The standard InChI is InChI=1S/C21H24ClFN6O4/c1-13(26-15-5-7-24-11-25-15)9-14(22)16-17(31)29-20(23)6-8-27(18(32)33-19(2,3)4)10-21(20,29)28(16)12-30/h5,7,9,11-12H,6,8,10H2,1-4H3,(H,24,25,26)/b13-9+,16-14+. The Hall–Kier alpha value is -3.21. The largest absolute Gasteiger partial charge is 0.444 e. The van der Waals surface area contributed by atoms with Crippen molar-refractivity contribution in [1.82, 2.24) is 24.7 Å². The summed E-state index contributed by atoms with van der Waals surface area (Å²) in [5.41, 5.74) is -2.01. The summed E-state index contributed by atoms with van der Waals surface area (Å²) in [7, 11) is 0. The monoisotopic (exact) mass is 478 g/mol. The van der Waals surface area contributed by atoms with Crippen LogP contribution in [-0.2, 0) is 14.3 Å². The molecule has 3 fully saturated rings. The third-order valence-corrected chi connectivity index (χ3v) is 5.98. The molecule has 12 heteroatoms. The van der Waals surface area contributed by atoms with Crippen molar-refractivity contribution in [2.45, 2.75) is 51.2 Å². The zero-order valence-electron chi connectivity index (χ0n) is 18.6. The molecule has 3 saturated heterocycles. The van der Waals surface area contributed by atoms with Crippen LogP contribution in [0, 0.1) is 0 Å². The maximum atomic E-state index is 15.7. The minimum atomic E-state index is -2.07. The van der Waals surface area contributed by atoms with Crippen LogP contribution in [0.25, 0.3) is 0 Å². The quantitative estimate of drug-likeness (QED) is 0.306. The van der Waals surface area contributed by atoms with Gasteiger partial charge in [0, 0.05) is 24.9 Å². The summed E-state index contributed by atoms with van der Waals surface area (Å²) in [6.07, 6.45) is 3.96. The van der Waals surface area contributed by atoms with Gasteiger partial charge in [0.15, 0.2) is 5.66 Å². The molecule has 4 heterocycles. The van der Waals surface area contributed by atoms with Crippen molar-refractivity contribution in [1.29, 1.82) is 0 Å². The average Bonchev–Trinajstić information content (AvgIpc) is 3.18. The molecule has 3 amide bonds. The van der Waals surface area contributed by atoms with E-state index in [-0.39, 0.29) is 30.2 Å². The molecule has 1 aromatic rings. The SMILES string of the molecule is C/C(=C\C(Cl)=C1\C(=O)N2C3(F)CCN(C(=O)OC(C)(C)C)CC23N1C=O)Nc1ccncn1. The van der Waals surface area contributed by atoms with Crippen LogP contribution in [0.3, 0.4) is 0 Å². The Bertz CT molecular complexity index is 1070. The van der Waals surface area contributed by atoms with E-state index in [1.54, 1.807) is 40.0 Å². The summed E-state index contributed by atoms with van der Waals surface area (Å²) in [6.45, 7) is 6.68. The smallest absolute Gasteiger partial charge is 0.410 e. The van der Waals surface area contributed by atoms with Gasteiger partial charge in [-0.15, -0.1) is 0 Å². The van der Waals surface area contributed by atoms with Crippen LogP contribution in [0.2, 0.25) is 0 Å². The van der Waals surface area contributed by atoms with Crippen molar-refractivity contribution < 1.29 is 23.5 Å². The predicted octanol–water partition coefficient (Wildman–Crippen LogP) is 2.56. The second kappa shape index (κ2) is 7.68. The van der Waals surface area contributed by atoms with E-state index >= 15 is 4.39 Å². The number of hydrogen-bond acceptors (Lipinski definition) is 7. The summed E-state index contributed by atoms with van der Waals surface area (Å²) in [5, 5.41) is 2.94. The maximum Gasteiger partial charge on any atom is 0.410 e. The summed E-state index contributed by atoms with van der Waals surface area (Å²) >= 11 is 6.42. The number of fused-ring (bicyclic) bond motifs is 1. The summed E-state index contributed by atoms with van der Waals surface area (Å²) in [6, 6.07) is 1.64. The number of halogens is 2. The van der Waals surface area contributed by atoms with Gasteiger partial charge < -0.3 is 15.0 Å². The van der Waals surface area contributed by atoms with Crippen molar-refractivity contribution in [3.63, 3.8) is 0 Å². The number of nitrogens with one attached hydrogen (secondary N) is 1. The number of anilines is 1. The number of carbonyl (C=O) groups excluding carboxylic acids is 3. The molecule has 4 rings (SSSR count). The molecule has 1 spiro atoms. The van der Waals surface area contributed by atoms with Gasteiger partial charge in [-0.25, -0.2) is 19.2 Å². The van der Waals surface area contributed by atoms with Crippen LogP contribution >= 0.6 is 11.6 Å². The molecule has 0 saturated carbocycles. The number of ether oxygens (including phenoxy) is 1. The zero-order valence-corrected chi connectivity index (χ0v) is 19.4. The van der Waals surface area contributed by atoms with Crippen molar-refractivity contribution in [3.8, 4) is 0 Å². The lowest BCUT2D eigenvalue weighted by molar-refractivity contribution is -0.127. The lowest BCUT2D eigenvalue weighted by Crippen LogP contribution is -2.55. The molecule has 1 aromatic heterocycles. The third-order valence-electron chi connectivity index (χ3n) is 5.69. The molecule has 0 bridgehead atoms. The van der Waals surface area contributed by atoms with Gasteiger partial charge >= 0.3 is 6.09 Å². The average molecular weight is 479 g/mol. The highest BCUT2D eigenvalue weighted by Gasteiger charge is 2.88. The van der Waals surface area contributed by atoms with Crippen molar-refractivity contribution in [3.05, 3.63) is 41.1 Å². The molecule has 2 unspecified atom stereocenters. The lowest BCUT2D eigenvalue weighted by Gasteiger charge is -2.36. The number of carbonyl (C=O) groups is 3. The minimum absolute atomic E-state index is 0.0514. The molecule has 176 valence electrons. The number of nitrogens with zero attached hydrogens (tertiary/aromatic N) is 5. The van der Waals surface area contributed by atoms with Gasteiger partial charge in [0.25, 0.3) is 5.91 Å². The Labute approximate surface area is 195 Å². The summed E-state index contributed by atoms with van der Waals surface area (Å²) in [4.78, 5) is 48.9. The molecule has 0 aliphatic carbocycles. The number of allylic oxidation sites excluding steroid dienone is 3. The first-order valence-corrected chi connectivity index (χ1v) is 10.7. The van der Waals surface area contributed by atoms with Crippen LogP contribution < -0.4 is 5.32 Å². The summed E-state index contributed by atoms with van der Waals surface area (Å²) in [5.74, 6) is -2.28. The number of alkyl halides is 1. The minimum Gasteiger partial charge on any atom is -0.444 e. The van der Waals surface area contributed by atoms with Crippen LogP contribution in [-0.4, -0.2) is 73.2 Å². The molecule has 10 nitrogen and oxygen atoms in total. The van der Waals surface area contributed by atoms with Crippen molar-refractivity contribution in [2.75, 3.05) is 18.4 Å². The second-order valence-electron chi connectivity index (χ2n) is 9.09. The van der Waals surface area contributed by atoms with Crippen LogP contribution in [0.4, 0.5) is 15.0 Å². The van der Waals surface area contributed by atoms with Crippen LogP contribution in [0.5, 0.6) is 0 Å². The van der Waals surface area contributed by atoms with Gasteiger partial charge in [-0.2, -0.15) is 0 Å². The summed E-state index contributed by atoms with van der Waals surface area (Å²) < 4.78 is 21.1. The Morgan fingerprint density at radius 1 is 1.39 bits per heavy atom. The first-order valence-electron chi connectivity index (χ1n) is 10.3. The number of aromatic nitrogens is 2. The van der Waals surface area contributed by atoms with E-state index in [4.69, 9.17) is 16.3 Å². The normalized spacial score (nSPS) is 28.2. The van der Waals surface area contributed by atoms with E-state index < -0.39 is 29.1 Å². The van der Waals surface area contributed by atoms with Crippen LogP contribution in [0.1, 0.15) is 34.1 Å². The lowest BCUT2D eigenvalue weighted by atomic mass is 10.0. The van der Waals surface area contributed by atoms with Crippen molar-refractivity contribution in [2.24, 2.45) is 0 Å². The fourth-order valence-electron chi connectivity index (χ4n) is 4.34. The predicted molar refractivity (Wildman–Crippen MR) is 116 cm³/mol. The molecular formula is C21H24ClFN6O4. The Morgan fingerprint density at radius 2 is 2.12 bits per heavy atom. The van der Waals surface area contributed by atoms with Gasteiger partial charge in [0.1, 0.15) is 23.4 Å². The Kier molecular flexibility index (Phi) is 5.35. The number of piperidine rings is 1. The number of rotatable bonds is 4. The topological polar surface area (TPSA) is 108 Å². The fourth-order valence-corrected chi connectivity index (χ4v) is 4.68. The molecule has 0 aromatic carbocycles. The highest BCUT2D eigenvalue weighted by Crippen LogP contribution is 2.65. The molecule has 33 heavy (non-hydrogen) atoms. The highest BCUT2D eigenvalue weighted by atomic mass is 35.5. The molecular weight excluding hydrogens is 455 g/mol. The first kappa shape index (κ1) is 23.0. The third kappa shape index (κ3) is 3.60. The van der Waals surface area contributed by atoms with Gasteiger partial charge in [-0.05, 0) is 39.8 Å². The highest BCUT2D eigenvalue weighted by molar-refractivity contribution is 6.34.